The molecule has 0 heterocycles. The third kappa shape index (κ3) is 8.22. The Kier molecular flexibility index (Phi) is 6.41. The standard InChI is InChI=1S/C17H29NO2S/c1-14-8-10-15(11-9-14)16(13-18-17(2,3)4)7-6-12-21(5,19)20/h8-11,16,18H,6-7,12-13H2,1-5H3. The third-order valence-corrected chi connectivity index (χ3v) is 4.53. The van der Waals surface area contributed by atoms with Gasteiger partial charge in [0.1, 0.15) is 9.84 Å². The van der Waals surface area contributed by atoms with Gasteiger partial charge in [0, 0.05) is 24.1 Å². The van der Waals surface area contributed by atoms with E-state index in [0.717, 1.165) is 13.0 Å². The summed E-state index contributed by atoms with van der Waals surface area (Å²) in [6.07, 6.45) is 2.91. The zero-order chi connectivity index (χ0) is 16.1. The molecule has 120 valence electrons. The minimum Gasteiger partial charge on any atom is -0.311 e. The topological polar surface area (TPSA) is 46.2 Å². The number of hydrogen-bond acceptors (Lipinski definition) is 3. The highest BCUT2D eigenvalue weighted by atomic mass is 32.2. The molecule has 1 N–H and O–H groups in total. The first-order valence-electron chi connectivity index (χ1n) is 7.56. The van der Waals surface area contributed by atoms with Crippen molar-refractivity contribution in [1.82, 2.24) is 5.32 Å². The summed E-state index contributed by atoms with van der Waals surface area (Å²) < 4.78 is 22.6. The van der Waals surface area contributed by atoms with Crippen molar-refractivity contribution in [3.8, 4) is 0 Å². The fraction of sp³-hybridized carbons (Fsp3) is 0.647. The van der Waals surface area contributed by atoms with E-state index in [1.165, 1.54) is 17.4 Å². The van der Waals surface area contributed by atoms with Crippen molar-refractivity contribution in [2.45, 2.75) is 52.0 Å². The molecule has 0 spiro atoms. The van der Waals surface area contributed by atoms with Crippen LogP contribution in [0.15, 0.2) is 24.3 Å². The average Bonchev–Trinajstić information content (AvgIpc) is 2.32. The van der Waals surface area contributed by atoms with Crippen molar-refractivity contribution in [2.75, 3.05) is 18.6 Å². The summed E-state index contributed by atoms with van der Waals surface area (Å²) in [5.74, 6) is 0.622. The van der Waals surface area contributed by atoms with Crippen molar-refractivity contribution >= 4 is 9.84 Å². The van der Waals surface area contributed by atoms with Crippen molar-refractivity contribution in [1.29, 1.82) is 0 Å². The minimum atomic E-state index is -2.87. The van der Waals surface area contributed by atoms with E-state index in [1.807, 2.05) is 0 Å². The average molecular weight is 311 g/mol. The molecular formula is C17H29NO2S. The van der Waals surface area contributed by atoms with Crippen LogP contribution in [-0.2, 0) is 9.84 Å². The zero-order valence-corrected chi connectivity index (χ0v) is 14.8. The summed E-state index contributed by atoms with van der Waals surface area (Å²) in [6, 6.07) is 8.56. The Morgan fingerprint density at radius 3 is 2.19 bits per heavy atom. The van der Waals surface area contributed by atoms with Gasteiger partial charge in [0.15, 0.2) is 0 Å². The molecule has 0 aliphatic rings. The molecule has 4 heteroatoms. The molecule has 0 radical (unpaired) electrons. The Morgan fingerprint density at radius 2 is 1.71 bits per heavy atom. The van der Waals surface area contributed by atoms with Crippen LogP contribution in [0.3, 0.4) is 0 Å². The normalized spacial score (nSPS) is 14.1. The molecule has 1 atom stereocenters. The van der Waals surface area contributed by atoms with Crippen LogP contribution in [0.1, 0.15) is 50.7 Å². The van der Waals surface area contributed by atoms with Gasteiger partial charge in [0.05, 0.1) is 0 Å². The third-order valence-electron chi connectivity index (χ3n) is 3.50. The molecule has 1 aromatic rings. The lowest BCUT2D eigenvalue weighted by Gasteiger charge is -2.26. The molecule has 1 unspecified atom stereocenters. The lowest BCUT2D eigenvalue weighted by molar-refractivity contribution is 0.398. The number of nitrogens with one attached hydrogen (secondary N) is 1. The molecule has 21 heavy (non-hydrogen) atoms. The summed E-state index contributed by atoms with van der Waals surface area (Å²) in [5, 5.41) is 3.53. The molecule has 0 aromatic heterocycles. The zero-order valence-electron chi connectivity index (χ0n) is 13.9. The largest absolute Gasteiger partial charge is 0.311 e. The highest BCUT2D eigenvalue weighted by Gasteiger charge is 2.16. The first kappa shape index (κ1) is 18.2. The maximum absolute atomic E-state index is 11.3. The Bertz CT molecular complexity index is 527. The van der Waals surface area contributed by atoms with Crippen LogP contribution in [0.4, 0.5) is 0 Å². The smallest absolute Gasteiger partial charge is 0.147 e. The summed E-state index contributed by atoms with van der Waals surface area (Å²) >= 11 is 0. The molecule has 0 fully saturated rings. The van der Waals surface area contributed by atoms with Crippen LogP contribution in [0, 0.1) is 6.92 Å². The molecule has 1 aromatic carbocycles. The number of aryl methyl sites for hydroxylation is 1. The van der Waals surface area contributed by atoms with Gasteiger partial charge in [-0.1, -0.05) is 29.8 Å². The van der Waals surface area contributed by atoms with E-state index in [4.69, 9.17) is 0 Å². The second-order valence-corrected chi connectivity index (χ2v) is 9.27. The predicted molar refractivity (Wildman–Crippen MR) is 90.6 cm³/mol. The van der Waals surface area contributed by atoms with Gasteiger partial charge in [-0.05, 0) is 52.0 Å². The molecule has 0 aliphatic heterocycles. The van der Waals surface area contributed by atoms with Gasteiger partial charge >= 0.3 is 0 Å². The van der Waals surface area contributed by atoms with E-state index in [0.29, 0.717) is 12.3 Å². The summed E-state index contributed by atoms with van der Waals surface area (Å²) in [4.78, 5) is 0. The highest BCUT2D eigenvalue weighted by molar-refractivity contribution is 7.90. The van der Waals surface area contributed by atoms with Gasteiger partial charge in [-0.15, -0.1) is 0 Å². The Hall–Kier alpha value is -0.870. The maximum atomic E-state index is 11.3. The van der Waals surface area contributed by atoms with Gasteiger partial charge in [0.25, 0.3) is 0 Å². The summed E-state index contributed by atoms with van der Waals surface area (Å²) in [6.45, 7) is 9.40. The number of hydrogen-bond donors (Lipinski definition) is 1. The predicted octanol–water partition coefficient (Wildman–Crippen LogP) is 3.29. The molecule has 0 bridgehead atoms. The fourth-order valence-corrected chi connectivity index (χ4v) is 2.94. The van der Waals surface area contributed by atoms with E-state index in [2.05, 4.69) is 57.3 Å². The monoisotopic (exact) mass is 311 g/mol. The Morgan fingerprint density at radius 1 is 1.14 bits per heavy atom. The quantitative estimate of drug-likeness (QED) is 0.840. The first-order valence-corrected chi connectivity index (χ1v) is 9.62. The van der Waals surface area contributed by atoms with Gasteiger partial charge in [0.2, 0.25) is 0 Å². The number of benzene rings is 1. The lowest BCUT2D eigenvalue weighted by Crippen LogP contribution is -2.38. The van der Waals surface area contributed by atoms with Crippen LogP contribution in [0.5, 0.6) is 0 Å². The Balaban J connectivity index is 2.72. The van der Waals surface area contributed by atoms with Crippen molar-refractivity contribution in [3.63, 3.8) is 0 Å². The van der Waals surface area contributed by atoms with Crippen LogP contribution < -0.4 is 5.32 Å². The van der Waals surface area contributed by atoms with Crippen molar-refractivity contribution < 1.29 is 8.42 Å². The molecule has 0 saturated heterocycles. The van der Waals surface area contributed by atoms with Crippen LogP contribution in [-0.4, -0.2) is 32.5 Å². The molecule has 0 saturated carbocycles. The van der Waals surface area contributed by atoms with Gasteiger partial charge < -0.3 is 5.32 Å². The van der Waals surface area contributed by atoms with Crippen LogP contribution in [0.25, 0.3) is 0 Å². The highest BCUT2D eigenvalue weighted by Crippen LogP contribution is 2.22. The molecule has 0 amide bonds. The van der Waals surface area contributed by atoms with Gasteiger partial charge in [-0.2, -0.15) is 0 Å². The minimum absolute atomic E-state index is 0.0692. The summed E-state index contributed by atoms with van der Waals surface area (Å²) in [7, 11) is -2.87. The maximum Gasteiger partial charge on any atom is 0.147 e. The van der Waals surface area contributed by atoms with Crippen LogP contribution >= 0.6 is 0 Å². The molecule has 0 aliphatic carbocycles. The fourth-order valence-electron chi connectivity index (χ4n) is 2.25. The second-order valence-electron chi connectivity index (χ2n) is 7.01. The lowest BCUT2D eigenvalue weighted by atomic mass is 9.93. The second kappa shape index (κ2) is 7.41. The number of rotatable bonds is 7. The van der Waals surface area contributed by atoms with E-state index < -0.39 is 9.84 Å². The first-order chi connectivity index (χ1) is 9.57. The molecule has 1 rings (SSSR count). The van der Waals surface area contributed by atoms with Crippen molar-refractivity contribution in [2.24, 2.45) is 0 Å². The Labute approximate surface area is 130 Å². The SMILES string of the molecule is Cc1ccc(C(CCCS(C)(=O)=O)CNC(C)(C)C)cc1. The number of sulfone groups is 1. The van der Waals surface area contributed by atoms with E-state index >= 15 is 0 Å². The van der Waals surface area contributed by atoms with Gasteiger partial charge in [-0.25, -0.2) is 8.42 Å². The summed E-state index contributed by atoms with van der Waals surface area (Å²) in [5.41, 5.74) is 2.60. The van der Waals surface area contributed by atoms with Crippen molar-refractivity contribution in [3.05, 3.63) is 35.4 Å². The molecule has 3 nitrogen and oxygen atoms in total. The van der Waals surface area contributed by atoms with Crippen LogP contribution in [0.2, 0.25) is 0 Å². The van der Waals surface area contributed by atoms with E-state index in [1.54, 1.807) is 0 Å². The van der Waals surface area contributed by atoms with Gasteiger partial charge in [-0.3, -0.25) is 0 Å². The molecular weight excluding hydrogens is 282 g/mol. The van der Waals surface area contributed by atoms with E-state index in [9.17, 15) is 8.42 Å². The van der Waals surface area contributed by atoms with E-state index in [-0.39, 0.29) is 11.3 Å².